The van der Waals surface area contributed by atoms with Gasteiger partial charge in [0, 0.05) is 61.4 Å². The van der Waals surface area contributed by atoms with Gasteiger partial charge in [-0.25, -0.2) is 18.2 Å². The van der Waals surface area contributed by atoms with Gasteiger partial charge in [0.25, 0.3) is 0 Å². The molecule has 0 saturated carbocycles. The van der Waals surface area contributed by atoms with Crippen LogP contribution in [0.15, 0.2) is 18.3 Å². The molecule has 0 bridgehead atoms. The first-order chi connectivity index (χ1) is 18.2. The number of nitrogens with zero attached hydrogens (tertiary/aromatic N) is 4. The number of carbonyl (C=O) groups excluding carboxylic acids is 1. The third-order valence-electron chi connectivity index (χ3n) is 8.05. The Kier molecular flexibility index (Phi) is 8.30. The number of anilines is 3. The molecule has 0 spiro atoms. The van der Waals surface area contributed by atoms with Crippen molar-refractivity contribution >= 4 is 23.4 Å². The van der Waals surface area contributed by atoms with Gasteiger partial charge >= 0.3 is 0 Å². The Morgan fingerprint density at radius 1 is 1.03 bits per heavy atom. The van der Waals surface area contributed by atoms with Crippen LogP contribution in [0.25, 0.3) is 0 Å². The second-order valence-corrected chi connectivity index (χ2v) is 11.9. The van der Waals surface area contributed by atoms with Gasteiger partial charge in [-0.15, -0.1) is 0 Å². The molecule has 1 atom stereocenters. The van der Waals surface area contributed by atoms with Crippen LogP contribution in [-0.4, -0.2) is 69.0 Å². The van der Waals surface area contributed by atoms with Gasteiger partial charge in [-0.2, -0.15) is 4.98 Å². The highest BCUT2D eigenvalue weighted by Crippen LogP contribution is 2.38. The molecule has 1 amide bonds. The van der Waals surface area contributed by atoms with Crippen molar-refractivity contribution in [3.8, 4) is 5.75 Å². The summed E-state index contributed by atoms with van der Waals surface area (Å²) in [6.45, 7) is 11.2. The molecule has 2 aliphatic rings. The molecule has 2 fully saturated rings. The lowest BCUT2D eigenvalue weighted by atomic mass is 9.77. The molecule has 4 rings (SSSR count). The summed E-state index contributed by atoms with van der Waals surface area (Å²) in [5, 5.41) is 5.99. The van der Waals surface area contributed by atoms with E-state index in [2.05, 4.69) is 60.2 Å². The van der Waals surface area contributed by atoms with E-state index in [1.165, 1.54) is 6.92 Å². The summed E-state index contributed by atoms with van der Waals surface area (Å²) in [6, 6.07) is 2.17. The van der Waals surface area contributed by atoms with Gasteiger partial charge in [-0.1, -0.05) is 0 Å². The summed E-state index contributed by atoms with van der Waals surface area (Å²) < 4.78 is 50.2. The molecule has 8 nitrogen and oxygen atoms in total. The third kappa shape index (κ3) is 6.74. The Morgan fingerprint density at radius 2 is 1.67 bits per heavy atom. The summed E-state index contributed by atoms with van der Waals surface area (Å²) in [6.07, 6.45) is 3.97. The maximum absolute atomic E-state index is 14.9. The van der Waals surface area contributed by atoms with Crippen LogP contribution in [-0.2, 0) is 4.79 Å². The number of rotatable bonds is 6. The first-order valence-electron chi connectivity index (χ1n) is 13.5. The van der Waals surface area contributed by atoms with Crippen LogP contribution in [0.3, 0.4) is 0 Å². The van der Waals surface area contributed by atoms with Gasteiger partial charge in [-0.05, 0) is 60.4 Å². The normalized spacial score (nSPS) is 21.8. The molecule has 2 aromatic rings. The molecule has 2 saturated heterocycles. The van der Waals surface area contributed by atoms with Crippen molar-refractivity contribution in [3.05, 3.63) is 35.8 Å². The maximum atomic E-state index is 14.9. The van der Waals surface area contributed by atoms with E-state index < -0.39 is 29.3 Å². The number of likely N-dealkylation sites (tertiary alicyclic amines) is 2. The van der Waals surface area contributed by atoms with E-state index in [9.17, 15) is 18.0 Å². The average Bonchev–Trinajstić information content (AvgIpc) is 3.07. The summed E-state index contributed by atoms with van der Waals surface area (Å²) in [5.41, 5.74) is -0.140. The van der Waals surface area contributed by atoms with Crippen molar-refractivity contribution in [2.75, 3.05) is 30.8 Å². The minimum atomic E-state index is -0.874. The van der Waals surface area contributed by atoms with Gasteiger partial charge in [0.2, 0.25) is 11.9 Å². The molecule has 214 valence electrons. The van der Waals surface area contributed by atoms with Crippen molar-refractivity contribution in [2.45, 2.75) is 89.9 Å². The number of aromatic nitrogens is 2. The van der Waals surface area contributed by atoms with Crippen LogP contribution in [0.5, 0.6) is 5.75 Å². The zero-order chi connectivity index (χ0) is 28.5. The first-order valence-corrected chi connectivity index (χ1v) is 13.5. The largest absolute Gasteiger partial charge is 0.484 e. The number of benzene rings is 1. The fourth-order valence-corrected chi connectivity index (χ4v) is 5.73. The van der Waals surface area contributed by atoms with Crippen LogP contribution in [0, 0.1) is 17.5 Å². The Morgan fingerprint density at radius 3 is 2.28 bits per heavy atom. The lowest BCUT2D eigenvalue weighted by Crippen LogP contribution is -2.61. The molecule has 2 N–H and O–H groups in total. The van der Waals surface area contributed by atoms with E-state index in [0.717, 1.165) is 31.2 Å². The highest BCUT2D eigenvalue weighted by molar-refractivity contribution is 5.73. The second kappa shape index (κ2) is 11.2. The number of nitrogens with one attached hydrogen (secondary N) is 2. The quantitative estimate of drug-likeness (QED) is 0.495. The zero-order valence-corrected chi connectivity index (χ0v) is 23.6. The maximum Gasteiger partial charge on any atom is 0.229 e. The van der Waals surface area contributed by atoms with Crippen LogP contribution in [0.2, 0.25) is 0 Å². The minimum Gasteiger partial charge on any atom is -0.484 e. The molecular weight excluding hydrogens is 509 g/mol. The molecule has 39 heavy (non-hydrogen) atoms. The van der Waals surface area contributed by atoms with Gasteiger partial charge in [-0.3, -0.25) is 9.69 Å². The van der Waals surface area contributed by atoms with Crippen LogP contribution < -0.4 is 15.4 Å². The van der Waals surface area contributed by atoms with Gasteiger partial charge in [0.05, 0.1) is 6.20 Å². The highest BCUT2D eigenvalue weighted by Gasteiger charge is 2.43. The summed E-state index contributed by atoms with van der Waals surface area (Å²) in [7, 11) is 2.09. The lowest BCUT2D eigenvalue weighted by molar-refractivity contribution is -0.128. The summed E-state index contributed by atoms with van der Waals surface area (Å²) in [4.78, 5) is 23.9. The van der Waals surface area contributed by atoms with Gasteiger partial charge in [0.1, 0.15) is 6.10 Å². The number of amides is 1. The molecule has 2 aliphatic heterocycles. The number of halogens is 3. The van der Waals surface area contributed by atoms with Crippen LogP contribution in [0.1, 0.15) is 66.7 Å². The van der Waals surface area contributed by atoms with Crippen molar-refractivity contribution in [3.63, 3.8) is 0 Å². The smallest absolute Gasteiger partial charge is 0.229 e. The Labute approximate surface area is 228 Å². The highest BCUT2D eigenvalue weighted by atomic mass is 19.1. The number of carbonyl (C=O) groups is 1. The molecule has 1 unspecified atom stereocenters. The number of piperidine rings is 1. The number of hydrogen-bond acceptors (Lipinski definition) is 7. The van der Waals surface area contributed by atoms with E-state index in [4.69, 9.17) is 4.74 Å². The topological polar surface area (TPSA) is 82.6 Å². The number of ether oxygens (including phenoxy) is 1. The summed E-state index contributed by atoms with van der Waals surface area (Å²) in [5.74, 6) is -2.81. The first kappa shape index (κ1) is 28.9. The van der Waals surface area contributed by atoms with E-state index in [-0.39, 0.29) is 40.5 Å². The van der Waals surface area contributed by atoms with Crippen molar-refractivity contribution in [2.24, 2.45) is 0 Å². The molecule has 11 heteroatoms. The fourth-order valence-electron chi connectivity index (χ4n) is 5.73. The van der Waals surface area contributed by atoms with Crippen molar-refractivity contribution < 1.29 is 22.7 Å². The molecule has 1 aromatic carbocycles. The van der Waals surface area contributed by atoms with E-state index >= 15 is 0 Å². The van der Waals surface area contributed by atoms with E-state index in [1.807, 2.05) is 0 Å². The second-order valence-electron chi connectivity index (χ2n) is 11.9. The Balaban J connectivity index is 1.45. The van der Waals surface area contributed by atoms with E-state index in [1.54, 1.807) is 4.90 Å². The van der Waals surface area contributed by atoms with Crippen molar-refractivity contribution in [1.82, 2.24) is 19.8 Å². The predicted octanol–water partition coefficient (Wildman–Crippen LogP) is 5.48. The minimum absolute atomic E-state index is 0.00547. The van der Waals surface area contributed by atoms with Gasteiger partial charge in [0.15, 0.2) is 29.0 Å². The SMILES string of the molecule is CC(=O)N1CCCC(Oc2c(F)cc(Nc3ncc(F)c(NC4CC(C)(C)N(C)C(C)(C)C4)n3)cc2F)CC1. The monoisotopic (exact) mass is 548 g/mol. The predicted molar refractivity (Wildman–Crippen MR) is 145 cm³/mol. The summed E-state index contributed by atoms with van der Waals surface area (Å²) >= 11 is 0. The molecule has 3 heterocycles. The standard InChI is InChI=1S/C28H39F3N6O2/c1-17(38)37-10-7-8-20(9-11-37)39-24-21(29)12-18(13-22(24)30)34-26-32-16-23(31)25(35-26)33-19-14-27(2,3)36(6)28(4,5)15-19/h12-13,16,19-20H,7-11,14-15H2,1-6H3,(H2,32,33,34,35). The van der Waals surface area contributed by atoms with Gasteiger partial charge < -0.3 is 20.3 Å². The van der Waals surface area contributed by atoms with Crippen molar-refractivity contribution in [1.29, 1.82) is 0 Å². The number of hydrogen-bond donors (Lipinski definition) is 2. The third-order valence-corrected chi connectivity index (χ3v) is 8.05. The Bertz CT molecular complexity index is 1170. The Hall–Kier alpha value is -3.08. The van der Waals surface area contributed by atoms with E-state index in [0.29, 0.717) is 32.4 Å². The molecule has 0 aliphatic carbocycles. The average molecular weight is 549 g/mol. The van der Waals surface area contributed by atoms with Crippen LogP contribution >= 0.6 is 0 Å². The molecular formula is C28H39F3N6O2. The zero-order valence-electron chi connectivity index (χ0n) is 23.6. The molecule has 0 radical (unpaired) electrons. The molecule has 1 aromatic heterocycles. The van der Waals surface area contributed by atoms with Crippen LogP contribution in [0.4, 0.5) is 30.6 Å². The fraction of sp³-hybridized carbons (Fsp3) is 0.607. The lowest BCUT2D eigenvalue weighted by Gasteiger charge is -2.53.